The van der Waals surface area contributed by atoms with Crippen LogP contribution in [0.2, 0.25) is 0 Å². The molecule has 0 N–H and O–H groups in total. The highest BCUT2D eigenvalue weighted by atomic mass is 14.1. The summed E-state index contributed by atoms with van der Waals surface area (Å²) >= 11 is 0. The van der Waals surface area contributed by atoms with E-state index in [-0.39, 0.29) is 12.8 Å². The molecule has 0 aromatic heterocycles. The fourth-order valence-electron chi connectivity index (χ4n) is 1.13. The van der Waals surface area contributed by atoms with E-state index in [0.717, 1.165) is 19.3 Å². The molecule has 80 valence electrons. The largest absolute Gasteiger partial charge is 0.0628 e. The molecular weight excluding hydrogens is 156 g/mol. The number of hydrogen-bond acceptors (Lipinski definition) is 0. The van der Waals surface area contributed by atoms with Crippen LogP contribution in [-0.2, 0) is 0 Å². The monoisotopic (exact) mass is 186 g/mol. The molecule has 0 aliphatic heterocycles. The van der Waals surface area contributed by atoms with Crippen LogP contribution in [0, 0.1) is 17.8 Å². The Labute approximate surface area is 87.9 Å². The maximum atomic E-state index is 7.96. The van der Waals surface area contributed by atoms with Crippen molar-refractivity contribution < 1.29 is 2.74 Å². The smallest absolute Gasteiger partial charge is 0.0267 e. The summed E-state index contributed by atoms with van der Waals surface area (Å²) in [5.74, 6) is 1.86. The van der Waals surface area contributed by atoms with E-state index in [2.05, 4.69) is 34.6 Å². The molecule has 13 heavy (non-hydrogen) atoms. The first-order valence-corrected chi connectivity index (χ1v) is 5.69. The molecule has 3 unspecified atom stereocenters. The highest BCUT2D eigenvalue weighted by molar-refractivity contribution is 4.57. The zero-order valence-corrected chi connectivity index (χ0v) is 10.0. The van der Waals surface area contributed by atoms with Gasteiger partial charge < -0.3 is 0 Å². The molecule has 3 atom stereocenters. The van der Waals surface area contributed by atoms with E-state index < -0.39 is 0 Å². The van der Waals surface area contributed by atoms with Gasteiger partial charge in [0.15, 0.2) is 0 Å². The lowest BCUT2D eigenvalue weighted by Gasteiger charge is -2.14. The van der Waals surface area contributed by atoms with Crippen LogP contribution in [0.5, 0.6) is 0 Å². The molecule has 0 aromatic rings. The molecule has 0 heteroatoms. The molecule has 0 spiro atoms. The van der Waals surface area contributed by atoms with E-state index >= 15 is 0 Å². The second-order valence-electron chi connectivity index (χ2n) is 4.90. The lowest BCUT2D eigenvalue weighted by atomic mass is 9.92. The Morgan fingerprint density at radius 2 is 1.54 bits per heavy atom. The van der Waals surface area contributed by atoms with Gasteiger partial charge in [0.05, 0.1) is 0 Å². The molecule has 0 heterocycles. The lowest BCUT2D eigenvalue weighted by molar-refractivity contribution is 0.372. The molecule has 0 amide bonds. The van der Waals surface area contributed by atoms with E-state index in [1.165, 1.54) is 0 Å². The molecule has 0 fully saturated rings. The highest BCUT2D eigenvalue weighted by Gasteiger charge is 2.05. The van der Waals surface area contributed by atoms with Crippen LogP contribution < -0.4 is 0 Å². The quantitative estimate of drug-likeness (QED) is 0.531. The van der Waals surface area contributed by atoms with Gasteiger partial charge in [-0.1, -0.05) is 66.7 Å². The predicted octanol–water partition coefficient (Wildman–Crippen LogP) is 4.89. The fourth-order valence-corrected chi connectivity index (χ4v) is 1.13. The zero-order valence-electron chi connectivity index (χ0n) is 12.0. The topological polar surface area (TPSA) is 0 Å². The molecule has 0 aliphatic rings. The third kappa shape index (κ3) is 8.33. The summed E-state index contributed by atoms with van der Waals surface area (Å²) in [5, 5.41) is 0. The Bertz CT molecular complexity index is 155. The number of rotatable bonds is 7. The first-order chi connectivity index (χ1) is 6.84. The van der Waals surface area contributed by atoms with Crippen molar-refractivity contribution in [2.24, 2.45) is 17.8 Å². The van der Waals surface area contributed by atoms with Crippen LogP contribution in [-0.4, -0.2) is 0 Å². The van der Waals surface area contributed by atoms with E-state index in [1.54, 1.807) is 0 Å². The Balaban J connectivity index is 3.82. The summed E-state index contributed by atoms with van der Waals surface area (Å²) in [6.45, 7) is 11.0. The van der Waals surface area contributed by atoms with Crippen LogP contribution in [0.4, 0.5) is 0 Å². The highest BCUT2D eigenvalue weighted by Crippen LogP contribution is 2.18. The molecule has 0 radical (unpaired) electrons. The van der Waals surface area contributed by atoms with Crippen molar-refractivity contribution in [3.05, 3.63) is 0 Å². The average Bonchev–Trinajstić information content (AvgIpc) is 2.13. The Hall–Kier alpha value is 0. The first-order valence-electron chi connectivity index (χ1n) is 6.84. The molecule has 0 saturated carbocycles. The Morgan fingerprint density at radius 3 is 2.00 bits per heavy atom. The van der Waals surface area contributed by atoms with Crippen molar-refractivity contribution in [1.82, 2.24) is 0 Å². The van der Waals surface area contributed by atoms with Crippen molar-refractivity contribution >= 4 is 0 Å². The molecule has 0 saturated heterocycles. The minimum Gasteiger partial charge on any atom is -0.0628 e. The van der Waals surface area contributed by atoms with Gasteiger partial charge in [0.2, 0.25) is 0 Å². The third-order valence-electron chi connectivity index (χ3n) is 2.72. The third-order valence-corrected chi connectivity index (χ3v) is 2.72. The minimum atomic E-state index is -0.193. The summed E-state index contributed by atoms with van der Waals surface area (Å²) in [6.07, 6.45) is 2.47. The predicted molar refractivity (Wildman–Crippen MR) is 61.9 cm³/mol. The van der Waals surface area contributed by atoms with Gasteiger partial charge in [0, 0.05) is 2.74 Å². The van der Waals surface area contributed by atoms with Crippen LogP contribution in [0.3, 0.4) is 0 Å². The molecule has 0 nitrogen and oxygen atoms in total. The molecule has 0 bridgehead atoms. The zero-order chi connectivity index (χ0) is 12.0. The van der Waals surface area contributed by atoms with Crippen molar-refractivity contribution in [2.75, 3.05) is 0 Å². The van der Waals surface area contributed by atoms with Gasteiger partial charge in [-0.15, -0.1) is 0 Å². The Kier molecular flexibility index (Phi) is 5.44. The van der Waals surface area contributed by atoms with E-state index in [0.29, 0.717) is 17.8 Å². The van der Waals surface area contributed by atoms with E-state index in [4.69, 9.17) is 2.74 Å². The van der Waals surface area contributed by atoms with Crippen LogP contribution in [0.1, 0.15) is 69.4 Å². The molecule has 0 aliphatic carbocycles. The van der Waals surface area contributed by atoms with E-state index in [9.17, 15) is 0 Å². The molecule has 0 rings (SSSR count). The second kappa shape index (κ2) is 7.41. The van der Waals surface area contributed by atoms with Crippen LogP contribution >= 0.6 is 0 Å². The normalized spacial score (nSPS) is 21.2. The van der Waals surface area contributed by atoms with E-state index in [1.807, 2.05) is 0 Å². The summed E-state index contributed by atoms with van der Waals surface area (Å²) in [6, 6.07) is 0. The van der Waals surface area contributed by atoms with Gasteiger partial charge in [0.25, 0.3) is 0 Å². The maximum Gasteiger partial charge on any atom is 0.0267 e. The van der Waals surface area contributed by atoms with Gasteiger partial charge in [-0.3, -0.25) is 0 Å². The minimum absolute atomic E-state index is 0.186. The summed E-state index contributed by atoms with van der Waals surface area (Å²) in [4.78, 5) is 0. The van der Waals surface area contributed by atoms with Gasteiger partial charge in [-0.25, -0.2) is 0 Å². The average molecular weight is 186 g/mol. The van der Waals surface area contributed by atoms with Gasteiger partial charge in [-0.05, 0) is 17.8 Å². The maximum absolute atomic E-state index is 7.96. The van der Waals surface area contributed by atoms with Crippen molar-refractivity contribution in [3.8, 4) is 0 Å². The van der Waals surface area contributed by atoms with Crippen LogP contribution in [0.15, 0.2) is 0 Å². The SMILES string of the molecule is [2H]C(CCC(C)C)C([2H])CC(C)C(C)C. The van der Waals surface area contributed by atoms with Crippen LogP contribution in [0.25, 0.3) is 0 Å². The van der Waals surface area contributed by atoms with Crippen molar-refractivity contribution in [1.29, 1.82) is 0 Å². The summed E-state index contributed by atoms with van der Waals surface area (Å²) in [5.41, 5.74) is 0. The molecule has 0 aromatic carbocycles. The second-order valence-corrected chi connectivity index (χ2v) is 4.90. The van der Waals surface area contributed by atoms with Gasteiger partial charge in [0.1, 0.15) is 0 Å². The van der Waals surface area contributed by atoms with Crippen molar-refractivity contribution in [3.63, 3.8) is 0 Å². The van der Waals surface area contributed by atoms with Gasteiger partial charge in [-0.2, -0.15) is 0 Å². The first kappa shape index (κ1) is 9.55. The van der Waals surface area contributed by atoms with Gasteiger partial charge >= 0.3 is 0 Å². The lowest BCUT2D eigenvalue weighted by Crippen LogP contribution is -2.03. The fraction of sp³-hybridized carbons (Fsp3) is 1.00. The molecular formula is C13H28. The van der Waals surface area contributed by atoms with Crippen molar-refractivity contribution in [2.45, 2.75) is 66.7 Å². The standard InChI is InChI=1S/C13H28/c1-11(2)9-7-6-8-10-13(5)12(3)4/h11-13H,6-10H2,1-5H3/i6D,8D. The summed E-state index contributed by atoms with van der Waals surface area (Å²) < 4.78 is 15.9. The summed E-state index contributed by atoms with van der Waals surface area (Å²) in [7, 11) is 0. The number of hydrogen-bond donors (Lipinski definition) is 0. The Morgan fingerprint density at radius 1 is 0.923 bits per heavy atom.